The number of amides is 1. The molecule has 1 aliphatic rings. The first-order valence-corrected chi connectivity index (χ1v) is 10.2. The van der Waals surface area contributed by atoms with E-state index in [9.17, 15) is 4.79 Å². The largest absolute Gasteiger partial charge is 0.497 e. The Morgan fingerprint density at radius 2 is 1.83 bits per heavy atom. The topological polar surface area (TPSA) is 80.5 Å². The van der Waals surface area contributed by atoms with Crippen LogP contribution in [0.25, 0.3) is 11.4 Å². The van der Waals surface area contributed by atoms with Gasteiger partial charge in [-0.2, -0.15) is 4.98 Å². The minimum absolute atomic E-state index is 0.00848. The Hall–Kier alpha value is -3.19. The van der Waals surface area contributed by atoms with Crippen LogP contribution in [0.1, 0.15) is 24.3 Å². The highest BCUT2D eigenvalue weighted by atomic mass is 16.5. The molecule has 1 N–H and O–H groups in total. The van der Waals surface area contributed by atoms with Crippen LogP contribution in [0.15, 0.2) is 53.1 Å². The summed E-state index contributed by atoms with van der Waals surface area (Å²) in [5, 5.41) is 7.10. The van der Waals surface area contributed by atoms with Crippen LogP contribution in [0, 0.1) is 12.8 Å². The molecule has 7 heteroatoms. The van der Waals surface area contributed by atoms with Crippen LogP contribution >= 0.6 is 0 Å². The van der Waals surface area contributed by atoms with Crippen molar-refractivity contribution in [1.82, 2.24) is 15.0 Å². The van der Waals surface area contributed by atoms with Gasteiger partial charge in [-0.15, -0.1) is 0 Å². The monoisotopic (exact) mass is 406 g/mol. The van der Waals surface area contributed by atoms with E-state index in [1.165, 1.54) is 5.56 Å². The Labute approximate surface area is 176 Å². The first-order chi connectivity index (χ1) is 14.6. The van der Waals surface area contributed by atoms with Crippen molar-refractivity contribution in [1.29, 1.82) is 0 Å². The van der Waals surface area contributed by atoms with Gasteiger partial charge in [-0.3, -0.25) is 9.69 Å². The Morgan fingerprint density at radius 1 is 1.13 bits per heavy atom. The molecule has 1 saturated heterocycles. The zero-order valence-electron chi connectivity index (χ0n) is 17.3. The number of aromatic nitrogens is 2. The van der Waals surface area contributed by atoms with E-state index in [-0.39, 0.29) is 11.8 Å². The highest BCUT2D eigenvalue weighted by molar-refractivity contribution is 5.92. The van der Waals surface area contributed by atoms with Gasteiger partial charge in [-0.25, -0.2) is 0 Å². The molecule has 1 aliphatic heterocycles. The van der Waals surface area contributed by atoms with E-state index in [0.29, 0.717) is 18.3 Å². The number of carbonyl (C=O) groups is 1. The van der Waals surface area contributed by atoms with E-state index in [4.69, 9.17) is 9.26 Å². The lowest BCUT2D eigenvalue weighted by Gasteiger charge is -2.30. The zero-order chi connectivity index (χ0) is 20.9. The summed E-state index contributed by atoms with van der Waals surface area (Å²) in [6, 6.07) is 15.5. The molecule has 0 spiro atoms. The molecule has 1 fully saturated rings. The van der Waals surface area contributed by atoms with Crippen LogP contribution in [-0.2, 0) is 11.3 Å². The van der Waals surface area contributed by atoms with Crippen LogP contribution in [-0.4, -0.2) is 41.1 Å². The molecular weight excluding hydrogens is 380 g/mol. The van der Waals surface area contributed by atoms with Crippen LogP contribution in [0.5, 0.6) is 5.75 Å². The predicted molar refractivity (Wildman–Crippen MR) is 114 cm³/mol. The summed E-state index contributed by atoms with van der Waals surface area (Å²) < 4.78 is 10.6. The molecule has 30 heavy (non-hydrogen) atoms. The normalized spacial score (nSPS) is 15.1. The average molecular weight is 406 g/mol. The molecule has 2 aromatic carbocycles. The van der Waals surface area contributed by atoms with E-state index in [2.05, 4.69) is 20.4 Å². The van der Waals surface area contributed by atoms with Crippen molar-refractivity contribution in [3.63, 3.8) is 0 Å². The number of carbonyl (C=O) groups excluding carboxylic acids is 1. The van der Waals surface area contributed by atoms with Gasteiger partial charge in [0.1, 0.15) is 5.75 Å². The van der Waals surface area contributed by atoms with Gasteiger partial charge in [0.25, 0.3) is 0 Å². The maximum Gasteiger partial charge on any atom is 0.241 e. The zero-order valence-corrected chi connectivity index (χ0v) is 17.3. The smallest absolute Gasteiger partial charge is 0.241 e. The van der Waals surface area contributed by atoms with Crippen molar-refractivity contribution in [2.75, 3.05) is 25.5 Å². The van der Waals surface area contributed by atoms with Crippen LogP contribution in [0.2, 0.25) is 0 Å². The summed E-state index contributed by atoms with van der Waals surface area (Å²) in [5.74, 6) is 2.06. The molecule has 2 heterocycles. The van der Waals surface area contributed by atoms with Gasteiger partial charge in [-0.1, -0.05) is 35.0 Å². The third-order valence-corrected chi connectivity index (χ3v) is 5.45. The number of likely N-dealkylation sites (tertiary alicyclic amines) is 1. The average Bonchev–Trinajstić information content (AvgIpc) is 3.23. The third-order valence-electron chi connectivity index (χ3n) is 5.45. The Kier molecular flexibility index (Phi) is 6.09. The van der Waals surface area contributed by atoms with Gasteiger partial charge in [-0.05, 0) is 57.1 Å². The van der Waals surface area contributed by atoms with E-state index < -0.39 is 0 Å². The molecule has 0 bridgehead atoms. The molecular formula is C23H26N4O3. The molecule has 7 nitrogen and oxygen atoms in total. The van der Waals surface area contributed by atoms with Crippen molar-refractivity contribution < 1.29 is 14.1 Å². The van der Waals surface area contributed by atoms with E-state index in [1.54, 1.807) is 7.11 Å². The van der Waals surface area contributed by atoms with E-state index >= 15 is 0 Å². The quantitative estimate of drug-likeness (QED) is 0.669. The first-order valence-electron chi connectivity index (χ1n) is 10.2. The van der Waals surface area contributed by atoms with Crippen molar-refractivity contribution >= 4 is 11.6 Å². The fraction of sp³-hybridized carbons (Fsp3) is 0.348. The number of nitrogens with one attached hydrogen (secondary N) is 1. The SMILES string of the molecule is COc1ccc(NC(=O)C2CCN(Cc3nc(-c4ccc(C)cc4)no3)CC2)cc1. The highest BCUT2D eigenvalue weighted by Crippen LogP contribution is 2.23. The van der Waals surface area contributed by atoms with Crippen molar-refractivity contribution in [2.24, 2.45) is 5.92 Å². The highest BCUT2D eigenvalue weighted by Gasteiger charge is 2.26. The van der Waals surface area contributed by atoms with Gasteiger partial charge in [0, 0.05) is 17.2 Å². The summed E-state index contributed by atoms with van der Waals surface area (Å²) in [6.07, 6.45) is 1.61. The lowest BCUT2D eigenvalue weighted by atomic mass is 9.96. The Morgan fingerprint density at radius 3 is 2.50 bits per heavy atom. The van der Waals surface area contributed by atoms with Gasteiger partial charge in [0.05, 0.1) is 13.7 Å². The maximum absolute atomic E-state index is 12.6. The number of hydrogen-bond donors (Lipinski definition) is 1. The van der Waals surface area contributed by atoms with Gasteiger partial charge >= 0.3 is 0 Å². The molecule has 0 saturated carbocycles. The molecule has 0 atom stereocenters. The van der Waals surface area contributed by atoms with Gasteiger partial charge in [0.15, 0.2) is 0 Å². The number of nitrogens with zero attached hydrogens (tertiary/aromatic N) is 3. The number of benzene rings is 2. The minimum atomic E-state index is 0.00848. The lowest BCUT2D eigenvalue weighted by Crippen LogP contribution is -2.37. The minimum Gasteiger partial charge on any atom is -0.497 e. The molecule has 0 aliphatic carbocycles. The maximum atomic E-state index is 12.6. The standard InChI is InChI=1S/C23H26N4O3/c1-16-3-5-17(6-4-16)22-25-21(30-26-22)15-27-13-11-18(12-14-27)23(28)24-19-7-9-20(29-2)10-8-19/h3-10,18H,11-15H2,1-2H3,(H,24,28). The molecule has 156 valence electrons. The Balaban J connectivity index is 1.27. The molecule has 3 aromatic rings. The second-order valence-electron chi connectivity index (χ2n) is 7.65. The summed E-state index contributed by atoms with van der Waals surface area (Å²) in [7, 11) is 1.62. The number of ether oxygens (including phenoxy) is 1. The van der Waals surface area contributed by atoms with Crippen molar-refractivity contribution in [2.45, 2.75) is 26.3 Å². The van der Waals surface area contributed by atoms with Crippen LogP contribution in [0.4, 0.5) is 5.69 Å². The second-order valence-corrected chi connectivity index (χ2v) is 7.65. The van der Waals surface area contributed by atoms with E-state index in [0.717, 1.165) is 42.9 Å². The predicted octanol–water partition coefficient (Wildman–Crippen LogP) is 3.90. The van der Waals surface area contributed by atoms with Crippen LogP contribution in [0.3, 0.4) is 0 Å². The number of anilines is 1. The Bertz CT molecular complexity index is 974. The fourth-order valence-corrected chi connectivity index (χ4v) is 3.60. The van der Waals surface area contributed by atoms with Gasteiger partial charge < -0.3 is 14.6 Å². The second kappa shape index (κ2) is 9.09. The number of rotatable bonds is 6. The summed E-state index contributed by atoms with van der Waals surface area (Å²) in [4.78, 5) is 19.3. The third kappa shape index (κ3) is 4.86. The lowest BCUT2D eigenvalue weighted by molar-refractivity contribution is -0.121. The summed E-state index contributed by atoms with van der Waals surface area (Å²) >= 11 is 0. The molecule has 1 aromatic heterocycles. The number of hydrogen-bond acceptors (Lipinski definition) is 6. The van der Waals surface area contributed by atoms with E-state index in [1.807, 2.05) is 55.5 Å². The van der Waals surface area contributed by atoms with Crippen molar-refractivity contribution in [3.05, 3.63) is 60.0 Å². The summed E-state index contributed by atoms with van der Waals surface area (Å²) in [5.41, 5.74) is 2.93. The number of methoxy groups -OCH3 is 1. The molecule has 1 amide bonds. The van der Waals surface area contributed by atoms with Crippen molar-refractivity contribution in [3.8, 4) is 17.1 Å². The summed E-state index contributed by atoms with van der Waals surface area (Å²) in [6.45, 7) is 4.30. The molecule has 0 radical (unpaired) electrons. The fourth-order valence-electron chi connectivity index (χ4n) is 3.60. The molecule has 4 rings (SSSR count). The first kappa shape index (κ1) is 20.1. The number of piperidine rings is 1. The van der Waals surface area contributed by atoms with Gasteiger partial charge in [0.2, 0.25) is 17.6 Å². The molecule has 0 unspecified atom stereocenters. The van der Waals surface area contributed by atoms with Crippen LogP contribution < -0.4 is 10.1 Å². The number of aryl methyl sites for hydroxylation is 1.